The molecule has 0 radical (unpaired) electrons. The highest BCUT2D eigenvalue weighted by molar-refractivity contribution is 9.10. The molecule has 0 fully saturated rings. The predicted molar refractivity (Wildman–Crippen MR) is 87.0 cm³/mol. The monoisotopic (exact) mass is 379 g/mol. The summed E-state index contributed by atoms with van der Waals surface area (Å²) < 4.78 is 36.7. The molecule has 0 saturated carbocycles. The van der Waals surface area contributed by atoms with Gasteiger partial charge in [0.05, 0.1) is 11.9 Å². The third-order valence-corrected chi connectivity index (χ3v) is 4.50. The van der Waals surface area contributed by atoms with E-state index in [1.54, 1.807) is 7.11 Å². The maximum absolute atomic E-state index is 10.7. The highest BCUT2D eigenvalue weighted by Gasteiger charge is 2.30. The van der Waals surface area contributed by atoms with Crippen LogP contribution in [0.2, 0.25) is 0 Å². The van der Waals surface area contributed by atoms with Crippen LogP contribution in [0.4, 0.5) is 0 Å². The van der Waals surface area contributed by atoms with Gasteiger partial charge in [-0.25, -0.2) is 0 Å². The third kappa shape index (κ3) is 6.44. The highest BCUT2D eigenvalue weighted by Crippen LogP contribution is 2.30. The summed E-state index contributed by atoms with van der Waals surface area (Å²) in [5.74, 6) is -0.245. The first-order valence-corrected chi connectivity index (χ1v) is 9.04. The molecule has 1 aromatic rings. The fourth-order valence-electron chi connectivity index (χ4n) is 2.27. The average molecular weight is 380 g/mol. The van der Waals surface area contributed by atoms with Gasteiger partial charge in [-0.05, 0) is 44.5 Å². The van der Waals surface area contributed by atoms with Gasteiger partial charge < -0.3 is 10.1 Å². The Balaban J connectivity index is 2.69. The Kier molecular flexibility index (Phi) is 6.80. The normalized spacial score (nSPS) is 14.1. The molecule has 0 aliphatic rings. The van der Waals surface area contributed by atoms with Gasteiger partial charge in [-0.2, -0.15) is 8.42 Å². The van der Waals surface area contributed by atoms with Crippen LogP contribution in [0, 0.1) is 0 Å². The van der Waals surface area contributed by atoms with Crippen molar-refractivity contribution in [1.29, 1.82) is 0 Å². The second kappa shape index (κ2) is 7.69. The van der Waals surface area contributed by atoms with Crippen molar-refractivity contribution in [3.8, 4) is 0 Å². The number of nitrogens with one attached hydrogen (secondary N) is 1. The average Bonchev–Trinajstić information content (AvgIpc) is 2.34. The van der Waals surface area contributed by atoms with E-state index in [1.165, 1.54) is 0 Å². The van der Waals surface area contributed by atoms with E-state index in [-0.39, 0.29) is 17.4 Å². The van der Waals surface area contributed by atoms with E-state index in [0.717, 1.165) is 10.0 Å². The van der Waals surface area contributed by atoms with Crippen molar-refractivity contribution >= 4 is 26.0 Å². The van der Waals surface area contributed by atoms with Gasteiger partial charge in [0, 0.05) is 17.1 Å². The van der Waals surface area contributed by atoms with Crippen LogP contribution < -0.4 is 5.32 Å². The van der Waals surface area contributed by atoms with Crippen molar-refractivity contribution in [2.24, 2.45) is 0 Å². The summed E-state index contributed by atoms with van der Waals surface area (Å²) in [7, 11) is -2.26. The standard InChI is InChI=1S/C14H22BrNO4S/c1-14(2,16-8-5-9-21(17,18)19)13(20-3)11-6-4-7-12(15)10-11/h4,6-7,10,13,16H,5,8-9H2,1-3H3,(H,17,18,19). The summed E-state index contributed by atoms with van der Waals surface area (Å²) in [6.07, 6.45) is 0.165. The molecule has 120 valence electrons. The number of benzene rings is 1. The van der Waals surface area contributed by atoms with E-state index in [1.807, 2.05) is 38.1 Å². The Hall–Kier alpha value is -0.470. The van der Waals surface area contributed by atoms with Crippen molar-refractivity contribution in [2.75, 3.05) is 19.4 Å². The van der Waals surface area contributed by atoms with Gasteiger partial charge in [0.2, 0.25) is 0 Å². The molecule has 1 atom stereocenters. The van der Waals surface area contributed by atoms with Gasteiger partial charge in [-0.3, -0.25) is 4.55 Å². The lowest BCUT2D eigenvalue weighted by molar-refractivity contribution is 0.0314. The summed E-state index contributed by atoms with van der Waals surface area (Å²) >= 11 is 3.44. The largest absolute Gasteiger partial charge is 0.375 e. The first-order valence-electron chi connectivity index (χ1n) is 6.64. The highest BCUT2D eigenvalue weighted by atomic mass is 79.9. The van der Waals surface area contributed by atoms with Crippen LogP contribution in [-0.2, 0) is 14.9 Å². The van der Waals surface area contributed by atoms with E-state index in [9.17, 15) is 8.42 Å². The van der Waals surface area contributed by atoms with Gasteiger partial charge in [-0.15, -0.1) is 0 Å². The van der Waals surface area contributed by atoms with Gasteiger partial charge in [-0.1, -0.05) is 28.1 Å². The second-order valence-electron chi connectivity index (χ2n) is 5.46. The number of hydrogen-bond donors (Lipinski definition) is 2. The van der Waals surface area contributed by atoms with Crippen LogP contribution in [0.5, 0.6) is 0 Å². The smallest absolute Gasteiger partial charge is 0.264 e. The molecule has 0 aromatic heterocycles. The van der Waals surface area contributed by atoms with Crippen molar-refractivity contribution in [1.82, 2.24) is 5.32 Å². The Labute approximate surface area is 135 Å². The molecule has 0 aliphatic heterocycles. The Morgan fingerprint density at radius 3 is 2.62 bits per heavy atom. The molecule has 1 unspecified atom stereocenters. The van der Waals surface area contributed by atoms with Gasteiger partial charge in [0.1, 0.15) is 0 Å². The zero-order valence-electron chi connectivity index (χ0n) is 12.5. The third-order valence-electron chi connectivity index (χ3n) is 3.20. The van der Waals surface area contributed by atoms with Crippen molar-refractivity contribution in [3.63, 3.8) is 0 Å². The molecule has 7 heteroatoms. The molecule has 0 aliphatic carbocycles. The van der Waals surface area contributed by atoms with E-state index >= 15 is 0 Å². The van der Waals surface area contributed by atoms with Crippen molar-refractivity contribution in [2.45, 2.75) is 31.9 Å². The zero-order valence-corrected chi connectivity index (χ0v) is 14.9. The molecule has 21 heavy (non-hydrogen) atoms. The van der Waals surface area contributed by atoms with Crippen LogP contribution in [-0.4, -0.2) is 37.9 Å². The van der Waals surface area contributed by atoms with Gasteiger partial charge in [0.25, 0.3) is 10.1 Å². The van der Waals surface area contributed by atoms with Crippen LogP contribution in [0.3, 0.4) is 0 Å². The van der Waals surface area contributed by atoms with E-state index in [2.05, 4.69) is 21.2 Å². The topological polar surface area (TPSA) is 75.6 Å². The Morgan fingerprint density at radius 2 is 2.10 bits per heavy atom. The van der Waals surface area contributed by atoms with Crippen LogP contribution in [0.25, 0.3) is 0 Å². The Morgan fingerprint density at radius 1 is 1.43 bits per heavy atom. The number of methoxy groups -OCH3 is 1. The molecule has 2 N–H and O–H groups in total. The molecule has 0 spiro atoms. The summed E-state index contributed by atoms with van der Waals surface area (Å²) in [6.45, 7) is 4.46. The number of rotatable bonds is 8. The number of hydrogen-bond acceptors (Lipinski definition) is 4. The molecule has 0 heterocycles. The molecular formula is C14H22BrNO4S. The van der Waals surface area contributed by atoms with Gasteiger partial charge >= 0.3 is 0 Å². The maximum atomic E-state index is 10.7. The molecule has 1 rings (SSSR count). The molecule has 0 amide bonds. The molecular weight excluding hydrogens is 358 g/mol. The first kappa shape index (κ1) is 18.6. The maximum Gasteiger partial charge on any atom is 0.264 e. The zero-order chi connectivity index (χ0) is 16.1. The lowest BCUT2D eigenvalue weighted by Crippen LogP contribution is -2.46. The summed E-state index contributed by atoms with van der Waals surface area (Å²) in [5.41, 5.74) is 0.647. The molecule has 0 saturated heterocycles. The van der Waals surface area contributed by atoms with Crippen molar-refractivity contribution in [3.05, 3.63) is 34.3 Å². The summed E-state index contributed by atoms with van der Waals surface area (Å²) in [5, 5.41) is 3.28. The van der Waals surface area contributed by atoms with E-state index in [4.69, 9.17) is 9.29 Å². The lowest BCUT2D eigenvalue weighted by atomic mass is 9.91. The fraction of sp³-hybridized carbons (Fsp3) is 0.571. The van der Waals surface area contributed by atoms with Crippen LogP contribution in [0.1, 0.15) is 31.9 Å². The summed E-state index contributed by atoms with van der Waals surface area (Å²) in [6, 6.07) is 7.87. The lowest BCUT2D eigenvalue weighted by Gasteiger charge is -2.35. The van der Waals surface area contributed by atoms with Gasteiger partial charge in [0.15, 0.2) is 0 Å². The van der Waals surface area contributed by atoms with Crippen molar-refractivity contribution < 1.29 is 17.7 Å². The number of ether oxygens (including phenoxy) is 1. The number of halogens is 1. The first-order chi connectivity index (χ1) is 9.65. The van der Waals surface area contributed by atoms with Crippen LogP contribution >= 0.6 is 15.9 Å². The molecule has 1 aromatic carbocycles. The molecule has 5 nitrogen and oxygen atoms in total. The van der Waals surface area contributed by atoms with Crippen LogP contribution in [0.15, 0.2) is 28.7 Å². The predicted octanol–water partition coefficient (Wildman–Crippen LogP) is 2.78. The minimum absolute atomic E-state index is 0.180. The minimum Gasteiger partial charge on any atom is -0.375 e. The minimum atomic E-state index is -3.90. The quantitative estimate of drug-likeness (QED) is 0.536. The SMILES string of the molecule is COC(c1cccc(Br)c1)C(C)(C)NCCCS(=O)(=O)O. The van der Waals surface area contributed by atoms with E-state index < -0.39 is 10.1 Å². The summed E-state index contributed by atoms with van der Waals surface area (Å²) in [4.78, 5) is 0. The Bertz CT molecular complexity index is 560. The fourth-order valence-corrected chi connectivity index (χ4v) is 3.20. The molecule has 0 bridgehead atoms. The second-order valence-corrected chi connectivity index (χ2v) is 7.95. The van der Waals surface area contributed by atoms with E-state index in [0.29, 0.717) is 13.0 Å².